The van der Waals surface area contributed by atoms with E-state index in [1.54, 1.807) is 12.1 Å². The normalized spacial score (nSPS) is 11.2. The fraction of sp³-hybridized carbons (Fsp3) is 0.235. The lowest BCUT2D eigenvalue weighted by molar-refractivity contribution is 0.166. The highest BCUT2D eigenvalue weighted by Crippen LogP contribution is 2.21. The Morgan fingerprint density at radius 1 is 1.14 bits per heavy atom. The molecule has 0 bridgehead atoms. The number of nitrogens with one attached hydrogen (secondary N) is 1. The largest absolute Gasteiger partial charge is 0.342 e. The minimum atomic E-state index is -0.220. The van der Waals surface area contributed by atoms with Gasteiger partial charge in [-0.15, -0.1) is 0 Å². The second-order valence-corrected chi connectivity index (χ2v) is 5.31. The zero-order chi connectivity index (χ0) is 15.4. The maximum Gasteiger partial charge on any atom is 0.123 e. The van der Waals surface area contributed by atoms with E-state index in [0.29, 0.717) is 13.1 Å². The van der Waals surface area contributed by atoms with Crippen LogP contribution < -0.4 is 5.48 Å². The Kier molecular flexibility index (Phi) is 4.46. The first-order chi connectivity index (χ1) is 10.8. The van der Waals surface area contributed by atoms with Crippen LogP contribution in [0.4, 0.5) is 4.39 Å². The lowest BCUT2D eigenvalue weighted by Crippen LogP contribution is -2.09. The van der Waals surface area contributed by atoms with Crippen molar-refractivity contribution in [2.75, 3.05) is 6.54 Å². The van der Waals surface area contributed by atoms with Gasteiger partial charge in [-0.2, -0.15) is 0 Å². The third-order valence-electron chi connectivity index (χ3n) is 3.78. The number of aryl methyl sites for hydroxylation is 1. The fourth-order valence-corrected chi connectivity index (χ4v) is 2.65. The number of benzene rings is 1. The Balaban J connectivity index is 1.85. The highest BCUT2D eigenvalue weighted by molar-refractivity contribution is 5.82. The molecule has 0 aliphatic carbocycles. The molecule has 0 spiro atoms. The molecule has 4 nitrogen and oxygen atoms in total. The standard InChI is InChI=1S/C17H18FN3O/c18-15-5-3-13(4-6-15)12-21-9-7-16-14(2-1-8-20-22)10-19-11-17(16)21/h3-7,9-11,20,22H,1-2,8,12H2. The first-order valence-electron chi connectivity index (χ1n) is 7.31. The number of nitrogens with zero attached hydrogens (tertiary/aromatic N) is 2. The van der Waals surface area contributed by atoms with Crippen molar-refractivity contribution in [1.29, 1.82) is 0 Å². The van der Waals surface area contributed by atoms with E-state index in [1.807, 2.05) is 18.6 Å². The van der Waals surface area contributed by atoms with E-state index in [4.69, 9.17) is 5.21 Å². The molecule has 3 aromatic rings. The summed E-state index contributed by atoms with van der Waals surface area (Å²) in [6.07, 6.45) is 7.47. The monoisotopic (exact) mass is 299 g/mol. The quantitative estimate of drug-likeness (QED) is 0.543. The minimum Gasteiger partial charge on any atom is -0.342 e. The molecule has 0 saturated heterocycles. The molecule has 0 aliphatic rings. The molecule has 5 heteroatoms. The summed E-state index contributed by atoms with van der Waals surface area (Å²) in [7, 11) is 0. The lowest BCUT2D eigenvalue weighted by atomic mass is 10.1. The van der Waals surface area contributed by atoms with Gasteiger partial charge in [-0.25, -0.2) is 9.87 Å². The minimum absolute atomic E-state index is 0.220. The Labute approximate surface area is 128 Å². The molecule has 0 amide bonds. The van der Waals surface area contributed by atoms with Crippen LogP contribution in [-0.4, -0.2) is 21.3 Å². The van der Waals surface area contributed by atoms with Crippen LogP contribution in [0.15, 0.2) is 48.9 Å². The van der Waals surface area contributed by atoms with Crippen LogP contribution in [0.25, 0.3) is 10.9 Å². The van der Waals surface area contributed by atoms with Gasteiger partial charge in [-0.3, -0.25) is 4.98 Å². The number of pyridine rings is 1. The highest BCUT2D eigenvalue weighted by Gasteiger charge is 2.07. The van der Waals surface area contributed by atoms with Crippen LogP contribution in [-0.2, 0) is 13.0 Å². The number of aromatic nitrogens is 2. The molecular weight excluding hydrogens is 281 g/mol. The average Bonchev–Trinajstić information content (AvgIpc) is 2.94. The van der Waals surface area contributed by atoms with Gasteiger partial charge in [-0.1, -0.05) is 12.1 Å². The summed E-state index contributed by atoms with van der Waals surface area (Å²) in [5.41, 5.74) is 5.46. The summed E-state index contributed by atoms with van der Waals surface area (Å²) in [6, 6.07) is 8.64. The third kappa shape index (κ3) is 3.16. The molecule has 2 heterocycles. The Bertz CT molecular complexity index is 752. The Morgan fingerprint density at radius 3 is 2.73 bits per heavy atom. The van der Waals surface area contributed by atoms with Gasteiger partial charge in [0.15, 0.2) is 0 Å². The van der Waals surface area contributed by atoms with Crippen molar-refractivity contribution in [3.63, 3.8) is 0 Å². The van der Waals surface area contributed by atoms with Gasteiger partial charge in [0.1, 0.15) is 5.82 Å². The molecule has 0 aliphatic heterocycles. The van der Waals surface area contributed by atoms with Crippen molar-refractivity contribution in [2.45, 2.75) is 19.4 Å². The maximum absolute atomic E-state index is 13.0. The van der Waals surface area contributed by atoms with Gasteiger partial charge in [0.2, 0.25) is 0 Å². The highest BCUT2D eigenvalue weighted by atomic mass is 19.1. The molecule has 0 unspecified atom stereocenters. The number of hydrogen-bond donors (Lipinski definition) is 2. The fourth-order valence-electron chi connectivity index (χ4n) is 2.65. The van der Waals surface area contributed by atoms with E-state index < -0.39 is 0 Å². The third-order valence-corrected chi connectivity index (χ3v) is 3.78. The van der Waals surface area contributed by atoms with Crippen molar-refractivity contribution in [2.24, 2.45) is 0 Å². The van der Waals surface area contributed by atoms with Gasteiger partial charge >= 0.3 is 0 Å². The van der Waals surface area contributed by atoms with Crippen LogP contribution in [0.5, 0.6) is 0 Å². The zero-order valence-electron chi connectivity index (χ0n) is 12.2. The number of fused-ring (bicyclic) bond motifs is 1. The SMILES string of the molecule is ONCCCc1cncc2c1ccn2Cc1ccc(F)cc1. The molecule has 0 radical (unpaired) electrons. The predicted molar refractivity (Wildman–Crippen MR) is 83.3 cm³/mol. The molecular formula is C17H18FN3O. The Hall–Kier alpha value is -2.24. The van der Waals surface area contributed by atoms with Crippen molar-refractivity contribution in [3.8, 4) is 0 Å². The number of halogens is 1. The van der Waals surface area contributed by atoms with Crippen molar-refractivity contribution in [1.82, 2.24) is 15.0 Å². The summed E-state index contributed by atoms with van der Waals surface area (Å²) in [4.78, 5) is 4.32. The van der Waals surface area contributed by atoms with Gasteiger partial charge in [0.25, 0.3) is 0 Å². The number of hydroxylamine groups is 1. The van der Waals surface area contributed by atoms with Gasteiger partial charge < -0.3 is 9.77 Å². The van der Waals surface area contributed by atoms with E-state index in [2.05, 4.69) is 21.1 Å². The molecule has 0 fully saturated rings. The summed E-state index contributed by atoms with van der Waals surface area (Å²) < 4.78 is 15.1. The topological polar surface area (TPSA) is 50.1 Å². The molecule has 0 saturated carbocycles. The maximum atomic E-state index is 13.0. The van der Waals surface area contributed by atoms with Crippen LogP contribution in [0, 0.1) is 5.82 Å². The zero-order valence-corrected chi connectivity index (χ0v) is 12.2. The van der Waals surface area contributed by atoms with Crippen LogP contribution in [0.3, 0.4) is 0 Å². The first-order valence-corrected chi connectivity index (χ1v) is 7.31. The van der Waals surface area contributed by atoms with Crippen LogP contribution in [0.2, 0.25) is 0 Å². The van der Waals surface area contributed by atoms with Gasteiger partial charge in [0, 0.05) is 30.9 Å². The molecule has 2 N–H and O–H groups in total. The van der Waals surface area contributed by atoms with E-state index >= 15 is 0 Å². The summed E-state index contributed by atoms with van der Waals surface area (Å²) in [5.74, 6) is -0.220. The Morgan fingerprint density at radius 2 is 1.95 bits per heavy atom. The summed E-state index contributed by atoms with van der Waals surface area (Å²) in [5, 5.41) is 9.82. The van der Waals surface area contributed by atoms with Crippen LogP contribution >= 0.6 is 0 Å². The molecule has 22 heavy (non-hydrogen) atoms. The van der Waals surface area contributed by atoms with Crippen LogP contribution in [0.1, 0.15) is 17.5 Å². The van der Waals surface area contributed by atoms with E-state index in [0.717, 1.165) is 23.9 Å². The molecule has 3 rings (SSSR count). The molecule has 114 valence electrons. The van der Waals surface area contributed by atoms with E-state index in [1.165, 1.54) is 23.1 Å². The number of hydrogen-bond acceptors (Lipinski definition) is 3. The van der Waals surface area contributed by atoms with E-state index in [-0.39, 0.29) is 5.82 Å². The van der Waals surface area contributed by atoms with Gasteiger partial charge in [-0.05, 0) is 42.2 Å². The van der Waals surface area contributed by atoms with Crippen molar-refractivity contribution in [3.05, 3.63) is 65.9 Å². The first kappa shape index (κ1) is 14.7. The average molecular weight is 299 g/mol. The molecule has 2 aromatic heterocycles. The van der Waals surface area contributed by atoms with Crippen molar-refractivity contribution >= 4 is 10.9 Å². The lowest BCUT2D eigenvalue weighted by Gasteiger charge is -2.07. The summed E-state index contributed by atoms with van der Waals surface area (Å²) in [6.45, 7) is 1.25. The summed E-state index contributed by atoms with van der Waals surface area (Å²) >= 11 is 0. The second kappa shape index (κ2) is 6.68. The predicted octanol–water partition coefficient (Wildman–Crippen LogP) is 3.14. The number of rotatable bonds is 6. The smallest absolute Gasteiger partial charge is 0.123 e. The molecule has 0 atom stereocenters. The molecule has 1 aromatic carbocycles. The van der Waals surface area contributed by atoms with Crippen molar-refractivity contribution < 1.29 is 9.60 Å². The van der Waals surface area contributed by atoms with Gasteiger partial charge in [0.05, 0.1) is 11.7 Å². The van der Waals surface area contributed by atoms with E-state index in [9.17, 15) is 4.39 Å². The second-order valence-electron chi connectivity index (χ2n) is 5.31.